The Bertz CT molecular complexity index is 6200. The van der Waals surface area contributed by atoms with E-state index in [2.05, 4.69) is 323 Å². The molecule has 0 fully saturated rings. The Hall–Kier alpha value is -10.7. The smallest absolute Gasteiger partial charge is 0.143 e. The highest BCUT2D eigenvalue weighted by Crippen LogP contribution is 2.62. The zero-order chi connectivity index (χ0) is 73.3. The summed E-state index contributed by atoms with van der Waals surface area (Å²) >= 11 is 0. The van der Waals surface area contributed by atoms with E-state index in [1.807, 2.05) is 0 Å². The molecule has 2 heterocycles. The summed E-state index contributed by atoms with van der Waals surface area (Å²) < 4.78 is 13.5. The maximum absolute atomic E-state index is 6.93. The third kappa shape index (κ3) is 9.77. The maximum atomic E-state index is 6.93. The van der Waals surface area contributed by atoms with Crippen molar-refractivity contribution in [3.05, 3.63) is 304 Å². The van der Waals surface area contributed by atoms with Crippen LogP contribution in [0.2, 0.25) is 0 Å². The van der Waals surface area contributed by atoms with Crippen molar-refractivity contribution in [1.82, 2.24) is 0 Å². The molecule has 15 aromatic rings. The minimum absolute atomic E-state index is 0.0382. The summed E-state index contributed by atoms with van der Waals surface area (Å²) in [6, 6.07) is 95.8. The predicted molar refractivity (Wildman–Crippen MR) is 455 cm³/mol. The average Bonchev–Trinajstić information content (AvgIpc) is 1.54. The Balaban J connectivity index is 0.673. The Kier molecular flexibility index (Phi) is 15.2. The molecule has 0 saturated carbocycles. The van der Waals surface area contributed by atoms with Crippen molar-refractivity contribution in [2.45, 2.75) is 173 Å². The molecule has 3 nitrogen and oxygen atoms in total. The normalized spacial score (nSPS) is 15.6. The molecule has 3 heteroatoms. The topological polar surface area (TPSA) is 29.5 Å². The minimum Gasteiger partial charge on any atom is -0.456 e. The van der Waals surface area contributed by atoms with Gasteiger partial charge in [0.15, 0.2) is 0 Å². The van der Waals surface area contributed by atoms with Crippen LogP contribution in [0.15, 0.2) is 258 Å². The zero-order valence-corrected chi connectivity index (χ0v) is 64.4. The monoisotopic (exact) mass is 1400 g/mol. The summed E-state index contributed by atoms with van der Waals surface area (Å²) in [4.78, 5) is 2.53. The Labute approximate surface area is 637 Å². The van der Waals surface area contributed by atoms with E-state index in [4.69, 9.17) is 8.83 Å². The van der Waals surface area contributed by atoms with E-state index >= 15 is 0 Å². The number of para-hydroxylation sites is 2. The van der Waals surface area contributed by atoms with E-state index in [0.29, 0.717) is 0 Å². The molecule has 0 atom stereocenters. The second-order valence-corrected chi connectivity index (χ2v) is 34.5. The van der Waals surface area contributed by atoms with E-state index in [-0.39, 0.29) is 27.1 Å². The molecule has 0 unspecified atom stereocenters. The molecule has 0 spiro atoms. The molecule has 5 aliphatic carbocycles. The van der Waals surface area contributed by atoms with Crippen LogP contribution in [0.3, 0.4) is 0 Å². The molecule has 13 aromatic carbocycles. The number of furan rings is 2. The van der Waals surface area contributed by atoms with E-state index < -0.39 is 0 Å². The van der Waals surface area contributed by atoms with Crippen molar-refractivity contribution >= 4 is 60.9 Å². The fraction of sp³-hybridized carbons (Fsp3) is 0.257. The van der Waals surface area contributed by atoms with Crippen LogP contribution in [-0.2, 0) is 27.1 Å². The summed E-state index contributed by atoms with van der Waals surface area (Å²) in [5, 5.41) is 4.73. The molecule has 108 heavy (non-hydrogen) atoms. The van der Waals surface area contributed by atoms with Crippen LogP contribution >= 0.6 is 0 Å². The van der Waals surface area contributed by atoms with Gasteiger partial charge in [0.05, 0.1) is 0 Å². The van der Waals surface area contributed by atoms with Gasteiger partial charge in [0.1, 0.15) is 22.3 Å². The van der Waals surface area contributed by atoms with Crippen LogP contribution < -0.4 is 4.90 Å². The van der Waals surface area contributed by atoms with Crippen LogP contribution in [-0.4, -0.2) is 0 Å². The number of rotatable bonds is 18. The number of nitrogens with zero attached hydrogens (tertiary/aromatic N) is 1. The van der Waals surface area contributed by atoms with E-state index in [1.54, 1.807) is 11.1 Å². The van der Waals surface area contributed by atoms with E-state index in [0.717, 1.165) is 55.9 Å². The summed E-state index contributed by atoms with van der Waals surface area (Å²) in [6.07, 6.45) is 15.5. The molecule has 5 aliphatic rings. The molecule has 0 aliphatic heterocycles. The summed E-state index contributed by atoms with van der Waals surface area (Å²) in [6.45, 7) is 24.1. The van der Waals surface area contributed by atoms with Gasteiger partial charge in [-0.3, -0.25) is 0 Å². The van der Waals surface area contributed by atoms with Crippen LogP contribution in [0, 0.1) is 0 Å². The first-order chi connectivity index (χ1) is 52.5. The second kappa shape index (κ2) is 24.6. The molecule has 0 radical (unpaired) electrons. The Morgan fingerprint density at radius 2 is 0.694 bits per heavy atom. The number of benzene rings is 13. The van der Waals surface area contributed by atoms with Gasteiger partial charge in [-0.05, 0) is 243 Å². The van der Waals surface area contributed by atoms with Gasteiger partial charge in [-0.2, -0.15) is 0 Å². The zero-order valence-electron chi connectivity index (χ0n) is 64.4. The highest BCUT2D eigenvalue weighted by atomic mass is 16.3. The third-order valence-electron chi connectivity index (χ3n) is 27.0. The fourth-order valence-corrected chi connectivity index (χ4v) is 21.2. The Morgan fingerprint density at radius 3 is 1.35 bits per heavy atom. The third-order valence-corrected chi connectivity index (χ3v) is 27.0. The summed E-state index contributed by atoms with van der Waals surface area (Å²) in [5.74, 6) is 0. The van der Waals surface area contributed by atoms with Crippen molar-refractivity contribution in [3.8, 4) is 89.0 Å². The molecule has 20 rings (SSSR count). The van der Waals surface area contributed by atoms with Crippen LogP contribution in [0.4, 0.5) is 17.1 Å². The first-order valence-corrected chi connectivity index (χ1v) is 40.4. The Morgan fingerprint density at radius 1 is 0.259 bits per heavy atom. The molecular weight excluding hydrogens is 1310 g/mol. The lowest BCUT2D eigenvalue weighted by atomic mass is 9.70. The van der Waals surface area contributed by atoms with Gasteiger partial charge >= 0.3 is 0 Å². The van der Waals surface area contributed by atoms with E-state index in [9.17, 15) is 0 Å². The number of anilines is 3. The molecule has 0 amide bonds. The molecular formula is C105H95NO2. The number of fused-ring (bicyclic) bond motifs is 23. The first-order valence-electron chi connectivity index (χ1n) is 40.4. The van der Waals surface area contributed by atoms with Gasteiger partial charge in [0, 0.05) is 71.2 Å². The maximum Gasteiger partial charge on any atom is 0.143 e. The standard InChI is InChI=1S/C105H95NO2/c1-11-13-15-17-28-54-105(55-29-18-16-14-12-2)83-35-25-22-32-72(83)75-49-42-68(58-91(75)105)67-41-48-74-73-47-40-66(56-85(73)102(5,6)86(74)57-67)64-38-43-69(44-39-64)106(71-46-51-77-88(60-71)104(9,10)92-61-80(65-30-20-19-21-31-65)100-99(96(77)92)79-34-24-27-37-94(79)108-100)70-45-50-76-81-62-90-82(63-89(81)103(7,8)87(76)59-70)97-84(101(90,3)4)52-53-95-98(97)78-33-23-26-36-93(78)107-95/h19-27,30-53,56-63H,11-18,28-29,54-55H2,1-10H3. The van der Waals surface area contributed by atoms with Crippen molar-refractivity contribution < 1.29 is 8.83 Å². The SMILES string of the molecule is CCCCCCCC1(CCCCCCC)c2ccccc2-c2ccc(-c3ccc4c(c3)C(C)(C)c3cc(-c5ccc(N(c6ccc7c(c6)C(C)(C)c6cc8c(cc6-7)C(C)(C)c6ccc7oc9ccccc9c7c6-8)c6ccc7c(c6)C(C)(C)c6cc(-c8ccccc8)c8oc9ccccc9c8c6-7)cc5)ccc3-4)cc21. The number of hydrogen-bond acceptors (Lipinski definition) is 3. The predicted octanol–water partition coefficient (Wildman–Crippen LogP) is 30.2. The molecule has 2 aromatic heterocycles. The van der Waals surface area contributed by atoms with Crippen molar-refractivity contribution in [2.24, 2.45) is 0 Å². The molecule has 0 N–H and O–H groups in total. The van der Waals surface area contributed by atoms with Gasteiger partial charge in [0.25, 0.3) is 0 Å². The quantitative estimate of drug-likeness (QED) is 0.0802. The fourth-order valence-electron chi connectivity index (χ4n) is 21.2. The van der Waals surface area contributed by atoms with Gasteiger partial charge in [-0.15, -0.1) is 0 Å². The van der Waals surface area contributed by atoms with Crippen molar-refractivity contribution in [3.63, 3.8) is 0 Å². The number of hydrogen-bond donors (Lipinski definition) is 0. The summed E-state index contributed by atoms with van der Waals surface area (Å²) in [7, 11) is 0. The van der Waals surface area contributed by atoms with Crippen molar-refractivity contribution in [1.29, 1.82) is 0 Å². The van der Waals surface area contributed by atoms with Gasteiger partial charge in [0.2, 0.25) is 0 Å². The molecule has 0 bridgehead atoms. The highest BCUT2D eigenvalue weighted by Gasteiger charge is 2.46. The lowest BCUT2D eigenvalue weighted by Crippen LogP contribution is -2.25. The average molecular weight is 1400 g/mol. The molecule has 532 valence electrons. The van der Waals surface area contributed by atoms with Crippen molar-refractivity contribution in [2.75, 3.05) is 4.90 Å². The first kappa shape index (κ1) is 66.7. The summed E-state index contributed by atoms with van der Waals surface area (Å²) in [5.41, 5.74) is 40.8. The largest absolute Gasteiger partial charge is 0.456 e. The lowest BCUT2D eigenvalue weighted by molar-refractivity contribution is 0.399. The van der Waals surface area contributed by atoms with Crippen LogP contribution in [0.1, 0.15) is 202 Å². The van der Waals surface area contributed by atoms with Gasteiger partial charge in [-0.1, -0.05) is 291 Å². The minimum atomic E-state index is -0.348. The van der Waals surface area contributed by atoms with Gasteiger partial charge < -0.3 is 13.7 Å². The number of unbranched alkanes of at least 4 members (excludes halogenated alkanes) is 8. The highest BCUT2D eigenvalue weighted by molar-refractivity contribution is 6.19. The van der Waals surface area contributed by atoms with Gasteiger partial charge in [-0.25, -0.2) is 0 Å². The molecule has 0 saturated heterocycles. The lowest BCUT2D eigenvalue weighted by Gasteiger charge is -2.33. The second-order valence-electron chi connectivity index (χ2n) is 34.5. The van der Waals surface area contributed by atoms with Crippen LogP contribution in [0.5, 0.6) is 0 Å². The van der Waals surface area contributed by atoms with E-state index in [1.165, 1.54) is 216 Å². The van der Waals surface area contributed by atoms with Crippen LogP contribution in [0.25, 0.3) is 133 Å².